The van der Waals surface area contributed by atoms with E-state index in [-0.39, 0.29) is 17.4 Å². The van der Waals surface area contributed by atoms with Gasteiger partial charge in [0.25, 0.3) is 5.91 Å². The van der Waals surface area contributed by atoms with Gasteiger partial charge in [0, 0.05) is 28.5 Å². The summed E-state index contributed by atoms with van der Waals surface area (Å²) < 4.78 is 0.915. The Hall–Kier alpha value is -0.870. The number of carbonyl (C=O) groups is 1. The third kappa shape index (κ3) is 3.00. The molecule has 1 amide bonds. The van der Waals surface area contributed by atoms with E-state index in [0.717, 1.165) is 15.6 Å². The largest absolute Gasteiger partial charge is 0.392 e. The number of hydrogen-bond donors (Lipinski definition) is 1. The van der Waals surface area contributed by atoms with E-state index in [1.54, 1.807) is 0 Å². The van der Waals surface area contributed by atoms with Crippen molar-refractivity contribution >= 4 is 21.8 Å². The number of aryl methyl sites for hydroxylation is 1. The lowest BCUT2D eigenvalue weighted by Crippen LogP contribution is -2.50. The summed E-state index contributed by atoms with van der Waals surface area (Å²) in [6.45, 7) is 7.17. The van der Waals surface area contributed by atoms with Gasteiger partial charge in [0.1, 0.15) is 0 Å². The highest BCUT2D eigenvalue weighted by Gasteiger charge is 2.36. The van der Waals surface area contributed by atoms with Crippen molar-refractivity contribution in [1.29, 1.82) is 0 Å². The molecule has 1 aliphatic rings. The van der Waals surface area contributed by atoms with Gasteiger partial charge in [-0.05, 0) is 31.0 Å². The molecule has 1 saturated heterocycles. The molecule has 3 nitrogen and oxygen atoms in total. The Morgan fingerprint density at radius 1 is 1.47 bits per heavy atom. The molecule has 1 aromatic carbocycles. The lowest BCUT2D eigenvalue weighted by molar-refractivity contribution is -0.0182. The fourth-order valence-electron chi connectivity index (χ4n) is 2.51. The smallest absolute Gasteiger partial charge is 0.254 e. The summed E-state index contributed by atoms with van der Waals surface area (Å²) >= 11 is 3.41. The molecule has 0 aliphatic carbocycles. The number of aliphatic hydroxyl groups excluding tert-OH is 1. The van der Waals surface area contributed by atoms with Crippen LogP contribution in [0.2, 0.25) is 0 Å². The zero-order valence-electron chi connectivity index (χ0n) is 11.6. The summed E-state index contributed by atoms with van der Waals surface area (Å²) in [5.74, 6) is 0.0544. The van der Waals surface area contributed by atoms with Crippen LogP contribution in [0.4, 0.5) is 0 Å². The van der Waals surface area contributed by atoms with E-state index >= 15 is 0 Å². The summed E-state index contributed by atoms with van der Waals surface area (Å²) in [5, 5.41) is 9.96. The number of halogens is 1. The zero-order chi connectivity index (χ0) is 14.2. The van der Waals surface area contributed by atoms with Gasteiger partial charge < -0.3 is 10.0 Å². The Morgan fingerprint density at radius 2 is 2.16 bits per heavy atom. The first-order valence-electron chi connectivity index (χ1n) is 6.55. The highest BCUT2D eigenvalue weighted by molar-refractivity contribution is 9.10. The fraction of sp³-hybridized carbons (Fsp3) is 0.533. The molecule has 1 N–H and O–H groups in total. The second kappa shape index (κ2) is 5.25. The summed E-state index contributed by atoms with van der Waals surface area (Å²) in [4.78, 5) is 14.4. The van der Waals surface area contributed by atoms with E-state index in [1.165, 1.54) is 0 Å². The number of piperidine rings is 1. The standard InChI is InChI=1S/C15H20BrNO2/c1-10-4-5-11(16)8-12(10)14(19)17-7-6-13(18)15(2,3)9-17/h4-5,8,13,18H,6-7,9H2,1-3H3. The van der Waals surface area contributed by atoms with Gasteiger partial charge in [-0.15, -0.1) is 0 Å². The number of carbonyl (C=O) groups excluding carboxylic acids is 1. The van der Waals surface area contributed by atoms with Crippen LogP contribution in [0.5, 0.6) is 0 Å². The van der Waals surface area contributed by atoms with E-state index in [9.17, 15) is 9.90 Å². The number of hydrogen-bond acceptors (Lipinski definition) is 2. The SMILES string of the molecule is Cc1ccc(Br)cc1C(=O)N1CCC(O)C(C)(C)C1. The second-order valence-electron chi connectivity index (χ2n) is 5.98. The predicted molar refractivity (Wildman–Crippen MR) is 79.2 cm³/mol. The van der Waals surface area contributed by atoms with Crippen LogP contribution in [-0.4, -0.2) is 35.1 Å². The third-order valence-corrected chi connectivity index (χ3v) is 4.38. The molecule has 1 fully saturated rings. The van der Waals surface area contributed by atoms with Gasteiger partial charge in [-0.3, -0.25) is 4.79 Å². The maximum absolute atomic E-state index is 12.6. The Balaban J connectivity index is 2.23. The average molecular weight is 326 g/mol. The van der Waals surface area contributed by atoms with Crippen molar-refractivity contribution in [2.45, 2.75) is 33.3 Å². The first kappa shape index (κ1) is 14.5. The first-order chi connectivity index (χ1) is 8.81. The van der Waals surface area contributed by atoms with Crippen LogP contribution >= 0.6 is 15.9 Å². The zero-order valence-corrected chi connectivity index (χ0v) is 13.2. The summed E-state index contributed by atoms with van der Waals surface area (Å²) in [5.41, 5.74) is 1.48. The van der Waals surface area contributed by atoms with Crippen LogP contribution in [0, 0.1) is 12.3 Å². The van der Waals surface area contributed by atoms with Crippen molar-refractivity contribution < 1.29 is 9.90 Å². The van der Waals surface area contributed by atoms with E-state index < -0.39 is 0 Å². The summed E-state index contributed by atoms with van der Waals surface area (Å²) in [6.07, 6.45) is 0.311. The molecular weight excluding hydrogens is 306 g/mol. The van der Waals surface area contributed by atoms with Gasteiger partial charge in [-0.25, -0.2) is 0 Å². The number of amides is 1. The lowest BCUT2D eigenvalue weighted by Gasteiger charge is -2.41. The Labute approximate surface area is 122 Å². The van der Waals surface area contributed by atoms with Gasteiger partial charge in [-0.2, -0.15) is 0 Å². The molecule has 0 saturated carbocycles. The number of benzene rings is 1. The number of likely N-dealkylation sites (tertiary alicyclic amines) is 1. The van der Waals surface area contributed by atoms with Crippen molar-refractivity contribution in [3.05, 3.63) is 33.8 Å². The monoisotopic (exact) mass is 325 g/mol. The van der Waals surface area contributed by atoms with Crippen molar-refractivity contribution in [1.82, 2.24) is 4.90 Å². The molecule has 1 unspecified atom stereocenters. The molecule has 2 rings (SSSR count). The first-order valence-corrected chi connectivity index (χ1v) is 7.34. The Morgan fingerprint density at radius 3 is 2.79 bits per heavy atom. The van der Waals surface area contributed by atoms with Crippen molar-refractivity contribution in [2.75, 3.05) is 13.1 Å². The maximum Gasteiger partial charge on any atom is 0.254 e. The van der Waals surface area contributed by atoms with Crippen molar-refractivity contribution in [3.63, 3.8) is 0 Å². The minimum absolute atomic E-state index is 0.0544. The van der Waals surface area contributed by atoms with E-state index in [4.69, 9.17) is 0 Å². The minimum Gasteiger partial charge on any atom is -0.392 e. The number of rotatable bonds is 1. The van der Waals surface area contributed by atoms with Crippen LogP contribution in [0.25, 0.3) is 0 Å². The molecule has 19 heavy (non-hydrogen) atoms. The molecule has 1 aromatic rings. The lowest BCUT2D eigenvalue weighted by atomic mass is 9.81. The van der Waals surface area contributed by atoms with E-state index in [1.807, 2.05) is 43.9 Å². The molecule has 4 heteroatoms. The van der Waals surface area contributed by atoms with Crippen LogP contribution in [0.3, 0.4) is 0 Å². The van der Waals surface area contributed by atoms with Gasteiger partial charge in [0.05, 0.1) is 6.10 Å². The normalized spacial score (nSPS) is 22.4. The van der Waals surface area contributed by atoms with E-state index in [0.29, 0.717) is 19.5 Å². The quantitative estimate of drug-likeness (QED) is 0.862. The van der Waals surface area contributed by atoms with Gasteiger partial charge >= 0.3 is 0 Å². The van der Waals surface area contributed by atoms with Crippen molar-refractivity contribution in [3.8, 4) is 0 Å². The highest BCUT2D eigenvalue weighted by atomic mass is 79.9. The van der Waals surface area contributed by atoms with E-state index in [2.05, 4.69) is 15.9 Å². The van der Waals surface area contributed by atoms with Crippen LogP contribution in [0.15, 0.2) is 22.7 Å². The molecule has 1 atom stereocenters. The highest BCUT2D eigenvalue weighted by Crippen LogP contribution is 2.30. The summed E-state index contributed by atoms with van der Waals surface area (Å²) in [7, 11) is 0. The Bertz CT molecular complexity index is 499. The molecule has 104 valence electrons. The second-order valence-corrected chi connectivity index (χ2v) is 6.89. The Kier molecular flexibility index (Phi) is 4.02. The molecule has 0 spiro atoms. The summed E-state index contributed by atoms with van der Waals surface area (Å²) in [6, 6.07) is 5.76. The molecule has 1 aliphatic heterocycles. The fourth-order valence-corrected chi connectivity index (χ4v) is 2.87. The van der Waals surface area contributed by atoms with Gasteiger partial charge in [-0.1, -0.05) is 35.8 Å². The van der Waals surface area contributed by atoms with Crippen molar-refractivity contribution in [2.24, 2.45) is 5.41 Å². The number of nitrogens with zero attached hydrogens (tertiary/aromatic N) is 1. The maximum atomic E-state index is 12.6. The third-order valence-electron chi connectivity index (χ3n) is 3.89. The topological polar surface area (TPSA) is 40.5 Å². The average Bonchev–Trinajstić information content (AvgIpc) is 2.35. The molecule has 1 heterocycles. The van der Waals surface area contributed by atoms with Crippen LogP contribution < -0.4 is 0 Å². The van der Waals surface area contributed by atoms with Crippen LogP contribution in [-0.2, 0) is 0 Å². The molecule has 0 bridgehead atoms. The van der Waals surface area contributed by atoms with Crippen LogP contribution in [0.1, 0.15) is 36.2 Å². The minimum atomic E-state index is -0.333. The van der Waals surface area contributed by atoms with Gasteiger partial charge in [0.2, 0.25) is 0 Å². The number of aliphatic hydroxyl groups is 1. The predicted octanol–water partition coefficient (Wildman–Crippen LogP) is 2.99. The molecular formula is C15H20BrNO2. The van der Waals surface area contributed by atoms with Gasteiger partial charge in [0.15, 0.2) is 0 Å². The molecule has 0 radical (unpaired) electrons. The molecule has 0 aromatic heterocycles.